The van der Waals surface area contributed by atoms with Gasteiger partial charge in [-0.2, -0.15) is 5.10 Å². The van der Waals surface area contributed by atoms with Gasteiger partial charge in [0, 0.05) is 24.8 Å². The van der Waals surface area contributed by atoms with Crippen LogP contribution in [-0.4, -0.2) is 53.5 Å². The minimum atomic E-state index is -0.371. The maximum atomic E-state index is 13.1. The van der Waals surface area contributed by atoms with Crippen molar-refractivity contribution in [2.24, 2.45) is 0 Å². The molecule has 2 aromatic carbocycles. The Bertz CT molecular complexity index is 1010. The number of nitrogens with zero attached hydrogens (tertiary/aromatic N) is 2. The first-order chi connectivity index (χ1) is 13.6. The number of aromatic amines is 1. The Hall–Kier alpha value is -3.32. The number of aromatic nitrogens is 2. The lowest BCUT2D eigenvalue weighted by atomic mass is 9.96. The summed E-state index contributed by atoms with van der Waals surface area (Å²) in [7, 11) is 3.21. The van der Waals surface area contributed by atoms with Crippen molar-refractivity contribution in [3.05, 3.63) is 65.4 Å². The number of methoxy groups -OCH3 is 2. The van der Waals surface area contributed by atoms with Gasteiger partial charge >= 0.3 is 0 Å². The first kappa shape index (κ1) is 18.1. The molecule has 0 bridgehead atoms. The standard InChI is InChI=1S/C21H21N3O4/c1-27-10-9-24-20(14-6-3-7-15(25)11-14)17-18(22-23-19(17)21(24)26)13-5-4-8-16(12-13)28-2/h3-8,11-12,20,25H,9-10H2,1-2H3,(H,22,23)/t20-/m0/s1. The molecule has 0 fully saturated rings. The van der Waals surface area contributed by atoms with Gasteiger partial charge in [0.2, 0.25) is 0 Å². The number of ether oxygens (including phenoxy) is 2. The molecule has 28 heavy (non-hydrogen) atoms. The molecule has 1 aliphatic rings. The molecule has 0 saturated carbocycles. The molecular formula is C21H21N3O4. The van der Waals surface area contributed by atoms with Gasteiger partial charge in [-0.25, -0.2) is 0 Å². The van der Waals surface area contributed by atoms with Gasteiger partial charge in [-0.15, -0.1) is 0 Å². The average molecular weight is 379 g/mol. The molecule has 7 nitrogen and oxygen atoms in total. The van der Waals surface area contributed by atoms with Crippen LogP contribution in [0.4, 0.5) is 0 Å². The highest BCUT2D eigenvalue weighted by Gasteiger charge is 2.42. The van der Waals surface area contributed by atoms with E-state index in [1.807, 2.05) is 30.3 Å². The fourth-order valence-corrected chi connectivity index (χ4v) is 3.65. The third kappa shape index (κ3) is 2.99. The average Bonchev–Trinajstić information content (AvgIpc) is 3.25. The van der Waals surface area contributed by atoms with Crippen molar-refractivity contribution in [2.45, 2.75) is 6.04 Å². The molecule has 3 aromatic rings. The predicted octanol–water partition coefficient (Wildman–Crippen LogP) is 2.98. The largest absolute Gasteiger partial charge is 0.508 e. The van der Waals surface area contributed by atoms with Crippen molar-refractivity contribution in [1.82, 2.24) is 15.1 Å². The Labute approximate surface area is 162 Å². The van der Waals surface area contributed by atoms with Crippen molar-refractivity contribution in [1.29, 1.82) is 0 Å². The molecule has 2 heterocycles. The number of fused-ring (bicyclic) bond motifs is 1. The maximum Gasteiger partial charge on any atom is 0.273 e. The zero-order valence-corrected chi connectivity index (χ0v) is 15.7. The summed E-state index contributed by atoms with van der Waals surface area (Å²) in [4.78, 5) is 14.8. The summed E-state index contributed by atoms with van der Waals surface area (Å²) in [6.45, 7) is 0.836. The second kappa shape index (κ2) is 7.36. The summed E-state index contributed by atoms with van der Waals surface area (Å²) in [5, 5.41) is 17.3. The lowest BCUT2D eigenvalue weighted by Gasteiger charge is -2.26. The molecule has 144 valence electrons. The predicted molar refractivity (Wildman–Crippen MR) is 103 cm³/mol. The van der Waals surface area contributed by atoms with Crippen LogP contribution in [0.1, 0.15) is 27.7 Å². The summed E-state index contributed by atoms with van der Waals surface area (Å²) in [6.07, 6.45) is 0. The van der Waals surface area contributed by atoms with Crippen LogP contribution in [0.2, 0.25) is 0 Å². The normalized spacial score (nSPS) is 15.7. The smallest absolute Gasteiger partial charge is 0.273 e. The molecule has 1 atom stereocenters. The molecule has 0 aliphatic carbocycles. The Balaban J connectivity index is 1.86. The number of phenols is 1. The van der Waals surface area contributed by atoms with E-state index in [2.05, 4.69) is 10.2 Å². The third-order valence-electron chi connectivity index (χ3n) is 4.93. The highest BCUT2D eigenvalue weighted by atomic mass is 16.5. The Kier molecular flexibility index (Phi) is 4.75. The molecule has 7 heteroatoms. The van der Waals surface area contributed by atoms with Crippen LogP contribution < -0.4 is 4.74 Å². The zero-order chi connectivity index (χ0) is 19.7. The van der Waals surface area contributed by atoms with E-state index < -0.39 is 0 Å². The summed E-state index contributed by atoms with van der Waals surface area (Å²) < 4.78 is 10.5. The van der Waals surface area contributed by atoms with Crippen LogP contribution in [0.15, 0.2) is 48.5 Å². The van der Waals surface area contributed by atoms with Crippen molar-refractivity contribution < 1.29 is 19.4 Å². The van der Waals surface area contributed by atoms with Crippen LogP contribution >= 0.6 is 0 Å². The molecule has 0 spiro atoms. The number of rotatable bonds is 6. The fraction of sp³-hybridized carbons (Fsp3) is 0.238. The Morgan fingerprint density at radius 3 is 2.75 bits per heavy atom. The van der Waals surface area contributed by atoms with Crippen molar-refractivity contribution >= 4 is 5.91 Å². The van der Waals surface area contributed by atoms with Crippen LogP contribution in [0, 0.1) is 0 Å². The lowest BCUT2D eigenvalue weighted by molar-refractivity contribution is 0.0677. The monoisotopic (exact) mass is 379 g/mol. The third-order valence-corrected chi connectivity index (χ3v) is 4.93. The number of carbonyl (C=O) groups is 1. The van der Waals surface area contributed by atoms with Gasteiger partial charge in [0.05, 0.1) is 25.5 Å². The van der Waals surface area contributed by atoms with E-state index in [1.54, 1.807) is 37.3 Å². The summed E-state index contributed by atoms with van der Waals surface area (Å²) in [5.41, 5.74) is 3.61. The number of carbonyl (C=O) groups excluding carboxylic acids is 1. The van der Waals surface area contributed by atoms with E-state index in [1.165, 1.54) is 0 Å². The van der Waals surface area contributed by atoms with E-state index >= 15 is 0 Å². The van der Waals surface area contributed by atoms with Gasteiger partial charge in [-0.1, -0.05) is 24.3 Å². The van der Waals surface area contributed by atoms with E-state index in [0.29, 0.717) is 30.3 Å². The molecule has 4 rings (SSSR count). The number of phenolic OH excluding ortho intramolecular Hbond substituents is 1. The molecule has 0 unspecified atom stereocenters. The Morgan fingerprint density at radius 1 is 1.18 bits per heavy atom. The molecular weight excluding hydrogens is 358 g/mol. The number of nitrogens with one attached hydrogen (secondary N) is 1. The number of H-pyrrole nitrogens is 1. The van der Waals surface area contributed by atoms with Gasteiger partial charge in [0.25, 0.3) is 5.91 Å². The molecule has 1 amide bonds. The molecule has 0 saturated heterocycles. The molecule has 1 aliphatic heterocycles. The Morgan fingerprint density at radius 2 is 2.00 bits per heavy atom. The highest BCUT2D eigenvalue weighted by molar-refractivity contribution is 6.00. The SMILES string of the molecule is COCCN1C(=O)c2[nH]nc(-c3cccc(OC)c3)c2[C@@H]1c1cccc(O)c1. The maximum absolute atomic E-state index is 13.1. The van der Waals surface area contributed by atoms with Crippen LogP contribution in [0.3, 0.4) is 0 Å². The van der Waals surface area contributed by atoms with Gasteiger partial charge in [-0.05, 0) is 29.8 Å². The number of hydrogen-bond donors (Lipinski definition) is 2. The van der Waals surface area contributed by atoms with Crippen LogP contribution in [0.5, 0.6) is 11.5 Å². The lowest BCUT2D eigenvalue weighted by Crippen LogP contribution is -2.32. The van der Waals surface area contributed by atoms with E-state index in [0.717, 1.165) is 16.7 Å². The number of benzene rings is 2. The fourth-order valence-electron chi connectivity index (χ4n) is 3.65. The van der Waals surface area contributed by atoms with Crippen molar-refractivity contribution in [3.63, 3.8) is 0 Å². The van der Waals surface area contributed by atoms with Gasteiger partial charge in [0.15, 0.2) is 0 Å². The van der Waals surface area contributed by atoms with Crippen LogP contribution in [0.25, 0.3) is 11.3 Å². The van der Waals surface area contributed by atoms with Gasteiger partial charge in [-0.3, -0.25) is 9.89 Å². The number of hydrogen-bond acceptors (Lipinski definition) is 5. The number of aromatic hydroxyl groups is 1. The van der Waals surface area contributed by atoms with Crippen molar-refractivity contribution in [2.75, 3.05) is 27.4 Å². The second-order valence-corrected chi connectivity index (χ2v) is 6.58. The molecule has 2 N–H and O–H groups in total. The highest BCUT2D eigenvalue weighted by Crippen LogP contribution is 2.43. The second-order valence-electron chi connectivity index (χ2n) is 6.58. The minimum absolute atomic E-state index is 0.137. The summed E-state index contributed by atoms with van der Waals surface area (Å²) >= 11 is 0. The summed E-state index contributed by atoms with van der Waals surface area (Å²) in [5.74, 6) is 0.724. The molecule has 0 radical (unpaired) electrons. The quantitative estimate of drug-likeness (QED) is 0.687. The zero-order valence-electron chi connectivity index (χ0n) is 15.7. The van der Waals surface area contributed by atoms with E-state index in [4.69, 9.17) is 9.47 Å². The molecule has 1 aromatic heterocycles. The van der Waals surface area contributed by atoms with Gasteiger partial charge in [0.1, 0.15) is 17.2 Å². The van der Waals surface area contributed by atoms with Crippen LogP contribution in [-0.2, 0) is 4.74 Å². The number of amides is 1. The van der Waals surface area contributed by atoms with Crippen molar-refractivity contribution in [3.8, 4) is 22.8 Å². The minimum Gasteiger partial charge on any atom is -0.508 e. The van der Waals surface area contributed by atoms with Gasteiger partial charge < -0.3 is 19.5 Å². The van der Waals surface area contributed by atoms with E-state index in [9.17, 15) is 9.90 Å². The van der Waals surface area contributed by atoms with E-state index in [-0.39, 0.29) is 17.7 Å². The first-order valence-electron chi connectivity index (χ1n) is 8.95. The topological polar surface area (TPSA) is 87.7 Å². The first-order valence-corrected chi connectivity index (χ1v) is 8.95. The summed E-state index contributed by atoms with van der Waals surface area (Å²) in [6, 6.07) is 14.1.